The number of anilines is 1. The highest BCUT2D eigenvalue weighted by molar-refractivity contribution is 7.80. The van der Waals surface area contributed by atoms with Crippen LogP contribution in [0.5, 0.6) is 0 Å². The molecule has 0 amide bonds. The Balaban J connectivity index is 2.45. The van der Waals surface area contributed by atoms with Gasteiger partial charge < -0.3 is 10.6 Å². The Hall–Kier alpha value is -1.10. The van der Waals surface area contributed by atoms with Gasteiger partial charge in [-0.1, -0.05) is 13.3 Å². The Kier molecular flexibility index (Phi) is 5.25. The van der Waals surface area contributed by atoms with Crippen molar-refractivity contribution in [3.63, 3.8) is 0 Å². The van der Waals surface area contributed by atoms with E-state index in [1.807, 2.05) is 17.8 Å². The van der Waals surface area contributed by atoms with Crippen LogP contribution in [0.4, 0.5) is 5.69 Å². The van der Waals surface area contributed by atoms with E-state index in [9.17, 15) is 0 Å². The van der Waals surface area contributed by atoms with Crippen LogP contribution in [0, 0.1) is 6.92 Å². The van der Waals surface area contributed by atoms with Gasteiger partial charge in [0.1, 0.15) is 0 Å². The van der Waals surface area contributed by atoms with Crippen molar-refractivity contribution < 1.29 is 0 Å². The van der Waals surface area contributed by atoms with E-state index in [0.717, 1.165) is 30.9 Å². The first-order valence-electron chi connectivity index (χ1n) is 5.76. The molecule has 16 heavy (non-hydrogen) atoms. The van der Waals surface area contributed by atoms with E-state index in [1.54, 1.807) is 0 Å². The Morgan fingerprint density at radius 3 is 2.81 bits per heavy atom. The Morgan fingerprint density at radius 1 is 1.50 bits per heavy atom. The molecule has 0 unspecified atom stereocenters. The molecule has 0 saturated carbocycles. The molecule has 0 aliphatic heterocycles. The Bertz CT molecular complexity index is 346. The van der Waals surface area contributed by atoms with E-state index in [-0.39, 0.29) is 0 Å². The molecule has 0 spiro atoms. The van der Waals surface area contributed by atoms with Crippen LogP contribution in [-0.2, 0) is 6.54 Å². The molecule has 0 saturated heterocycles. The Labute approximate surface area is 102 Å². The summed E-state index contributed by atoms with van der Waals surface area (Å²) in [6, 6.07) is 0. The highest BCUT2D eigenvalue weighted by Crippen LogP contribution is 2.11. The van der Waals surface area contributed by atoms with Crippen molar-refractivity contribution in [3.8, 4) is 0 Å². The number of hydrogen-bond acceptors (Lipinski definition) is 2. The summed E-state index contributed by atoms with van der Waals surface area (Å²) in [7, 11) is 0. The van der Waals surface area contributed by atoms with Crippen molar-refractivity contribution in [2.45, 2.75) is 40.2 Å². The maximum Gasteiger partial charge on any atom is 0.170 e. The Morgan fingerprint density at radius 2 is 2.25 bits per heavy atom. The van der Waals surface area contributed by atoms with Gasteiger partial charge in [0.05, 0.1) is 11.4 Å². The summed E-state index contributed by atoms with van der Waals surface area (Å²) in [5.41, 5.74) is 1.96. The quantitative estimate of drug-likeness (QED) is 0.612. The second kappa shape index (κ2) is 6.48. The van der Waals surface area contributed by atoms with Crippen LogP contribution in [0.2, 0.25) is 0 Å². The number of rotatable bonds is 5. The van der Waals surface area contributed by atoms with Crippen LogP contribution in [0.25, 0.3) is 0 Å². The molecule has 1 heterocycles. The highest BCUT2D eigenvalue weighted by atomic mass is 32.1. The molecule has 4 nitrogen and oxygen atoms in total. The maximum absolute atomic E-state index is 5.20. The van der Waals surface area contributed by atoms with Crippen molar-refractivity contribution in [3.05, 3.63) is 11.9 Å². The van der Waals surface area contributed by atoms with E-state index in [0.29, 0.717) is 5.11 Å². The summed E-state index contributed by atoms with van der Waals surface area (Å²) in [6.07, 6.45) is 4.28. The third-order valence-electron chi connectivity index (χ3n) is 2.33. The fourth-order valence-electron chi connectivity index (χ4n) is 1.35. The van der Waals surface area contributed by atoms with E-state index in [4.69, 9.17) is 12.2 Å². The molecule has 0 aliphatic carbocycles. The van der Waals surface area contributed by atoms with Gasteiger partial charge in [0.25, 0.3) is 0 Å². The van der Waals surface area contributed by atoms with Crippen molar-refractivity contribution in [1.29, 1.82) is 0 Å². The third-order valence-corrected chi connectivity index (χ3v) is 2.58. The largest absolute Gasteiger partial charge is 0.362 e. The molecule has 1 rings (SSSR count). The van der Waals surface area contributed by atoms with Gasteiger partial charge in [-0.15, -0.1) is 0 Å². The zero-order valence-electron chi connectivity index (χ0n) is 10.2. The number of unbranched alkanes of at least 4 members (excludes halogenated alkanes) is 1. The van der Waals surface area contributed by atoms with Gasteiger partial charge in [-0.2, -0.15) is 5.10 Å². The van der Waals surface area contributed by atoms with Gasteiger partial charge in [-0.05, 0) is 32.5 Å². The van der Waals surface area contributed by atoms with E-state index in [1.165, 1.54) is 6.42 Å². The van der Waals surface area contributed by atoms with Gasteiger partial charge in [0.2, 0.25) is 0 Å². The van der Waals surface area contributed by atoms with E-state index >= 15 is 0 Å². The van der Waals surface area contributed by atoms with Crippen LogP contribution in [0.3, 0.4) is 0 Å². The molecule has 0 aromatic carbocycles. The monoisotopic (exact) mass is 240 g/mol. The van der Waals surface area contributed by atoms with E-state index in [2.05, 4.69) is 29.6 Å². The van der Waals surface area contributed by atoms with Crippen molar-refractivity contribution in [2.24, 2.45) is 0 Å². The smallest absolute Gasteiger partial charge is 0.170 e. The zero-order chi connectivity index (χ0) is 12.0. The SMILES string of the molecule is CCCCNC(=S)Nc1cn(CC)nc1C. The first kappa shape index (κ1) is 13.0. The number of hydrogen-bond donors (Lipinski definition) is 2. The number of thiocarbonyl (C=S) groups is 1. The molecule has 2 N–H and O–H groups in total. The normalized spacial score (nSPS) is 10.2. The van der Waals surface area contributed by atoms with Gasteiger partial charge in [-0.3, -0.25) is 4.68 Å². The lowest BCUT2D eigenvalue weighted by Gasteiger charge is -2.08. The molecule has 0 aliphatic rings. The van der Waals surface area contributed by atoms with E-state index < -0.39 is 0 Å². The molecule has 1 aromatic heterocycles. The van der Waals surface area contributed by atoms with Crippen LogP contribution < -0.4 is 10.6 Å². The number of nitrogens with one attached hydrogen (secondary N) is 2. The average molecular weight is 240 g/mol. The minimum Gasteiger partial charge on any atom is -0.362 e. The average Bonchev–Trinajstić information content (AvgIpc) is 2.60. The lowest BCUT2D eigenvalue weighted by molar-refractivity contribution is 0.653. The van der Waals surface area contributed by atoms with Crippen LogP contribution in [-0.4, -0.2) is 21.4 Å². The highest BCUT2D eigenvalue weighted by Gasteiger charge is 2.04. The topological polar surface area (TPSA) is 41.9 Å². The second-order valence-corrected chi connectivity index (χ2v) is 4.13. The second-order valence-electron chi connectivity index (χ2n) is 3.72. The minimum absolute atomic E-state index is 0.673. The zero-order valence-corrected chi connectivity index (χ0v) is 11.0. The molecule has 1 aromatic rings. The summed E-state index contributed by atoms with van der Waals surface area (Å²) in [5.74, 6) is 0. The molecule has 0 fully saturated rings. The molecule has 5 heteroatoms. The fraction of sp³-hybridized carbons (Fsp3) is 0.636. The minimum atomic E-state index is 0.673. The summed E-state index contributed by atoms with van der Waals surface area (Å²) in [6.45, 7) is 7.99. The molecule has 0 atom stereocenters. The summed E-state index contributed by atoms with van der Waals surface area (Å²) >= 11 is 5.20. The van der Waals surface area contributed by atoms with Crippen molar-refractivity contribution in [2.75, 3.05) is 11.9 Å². The van der Waals surface area contributed by atoms with Gasteiger partial charge >= 0.3 is 0 Å². The first-order valence-corrected chi connectivity index (χ1v) is 6.17. The van der Waals surface area contributed by atoms with Crippen LogP contribution in [0.15, 0.2) is 6.20 Å². The lowest BCUT2D eigenvalue weighted by Crippen LogP contribution is -2.29. The number of aryl methyl sites for hydroxylation is 2. The number of nitrogens with zero attached hydrogens (tertiary/aromatic N) is 2. The molecule has 90 valence electrons. The van der Waals surface area contributed by atoms with Crippen LogP contribution in [0.1, 0.15) is 32.4 Å². The first-order chi connectivity index (χ1) is 7.67. The molecule has 0 radical (unpaired) electrons. The standard InChI is InChI=1S/C11H20N4S/c1-4-6-7-12-11(16)13-10-8-15(5-2)14-9(10)3/h8H,4-7H2,1-3H3,(H2,12,13,16). The number of aromatic nitrogens is 2. The van der Waals surface area contributed by atoms with Crippen molar-refractivity contribution >= 4 is 23.0 Å². The third kappa shape index (κ3) is 3.81. The van der Waals surface area contributed by atoms with Gasteiger partial charge in [-0.25, -0.2) is 0 Å². The summed E-state index contributed by atoms with van der Waals surface area (Å²) < 4.78 is 1.90. The van der Waals surface area contributed by atoms with Gasteiger partial charge in [0, 0.05) is 19.3 Å². The lowest BCUT2D eigenvalue weighted by atomic mass is 10.3. The molecular weight excluding hydrogens is 220 g/mol. The van der Waals surface area contributed by atoms with Gasteiger partial charge in [0.15, 0.2) is 5.11 Å². The fourth-order valence-corrected chi connectivity index (χ4v) is 1.56. The maximum atomic E-state index is 5.20. The summed E-state index contributed by atoms with van der Waals surface area (Å²) in [5, 5.41) is 11.3. The predicted octanol–water partition coefficient (Wildman–Crippen LogP) is 2.30. The van der Waals surface area contributed by atoms with Crippen molar-refractivity contribution in [1.82, 2.24) is 15.1 Å². The summed E-state index contributed by atoms with van der Waals surface area (Å²) in [4.78, 5) is 0. The van der Waals surface area contributed by atoms with Crippen LogP contribution >= 0.6 is 12.2 Å². The molecular formula is C11H20N4S. The predicted molar refractivity (Wildman–Crippen MR) is 71.8 cm³/mol. The molecule has 0 bridgehead atoms.